The van der Waals surface area contributed by atoms with Crippen molar-refractivity contribution in [2.45, 2.75) is 4.90 Å². The molecule has 1 aliphatic rings. The maximum absolute atomic E-state index is 6.03. The van der Waals surface area contributed by atoms with Crippen molar-refractivity contribution in [1.29, 1.82) is 0 Å². The van der Waals surface area contributed by atoms with E-state index in [1.54, 1.807) is 0 Å². The highest BCUT2D eigenvalue weighted by atomic mass is 35.5. The zero-order valence-corrected chi connectivity index (χ0v) is 8.87. The SMILES string of the molecule is Clc1ccccc1SCC1CNC1. The largest absolute Gasteiger partial charge is 0.316 e. The van der Waals surface area contributed by atoms with Crippen LogP contribution >= 0.6 is 23.4 Å². The first-order valence-electron chi connectivity index (χ1n) is 4.44. The normalized spacial score (nSPS) is 17.0. The molecule has 70 valence electrons. The van der Waals surface area contributed by atoms with E-state index in [1.165, 1.54) is 10.6 Å². The molecule has 1 saturated heterocycles. The molecule has 0 aliphatic carbocycles. The number of halogens is 1. The van der Waals surface area contributed by atoms with Crippen LogP contribution in [-0.4, -0.2) is 18.8 Å². The zero-order chi connectivity index (χ0) is 9.10. The van der Waals surface area contributed by atoms with E-state index >= 15 is 0 Å². The Kier molecular flexibility index (Phi) is 3.14. The van der Waals surface area contributed by atoms with Crippen LogP contribution in [0.2, 0.25) is 5.02 Å². The molecule has 0 amide bonds. The summed E-state index contributed by atoms with van der Waals surface area (Å²) in [5, 5.41) is 4.14. The van der Waals surface area contributed by atoms with E-state index in [4.69, 9.17) is 11.6 Å². The van der Waals surface area contributed by atoms with E-state index in [0.717, 1.165) is 24.0 Å². The summed E-state index contributed by atoms with van der Waals surface area (Å²) in [6, 6.07) is 8.03. The Morgan fingerprint density at radius 2 is 2.15 bits per heavy atom. The average molecular weight is 214 g/mol. The lowest BCUT2D eigenvalue weighted by molar-refractivity contribution is 0.385. The molecule has 1 aliphatic heterocycles. The van der Waals surface area contributed by atoms with E-state index < -0.39 is 0 Å². The topological polar surface area (TPSA) is 12.0 Å². The second-order valence-corrected chi connectivity index (χ2v) is 4.73. The highest BCUT2D eigenvalue weighted by Gasteiger charge is 2.16. The lowest BCUT2D eigenvalue weighted by atomic mass is 10.1. The predicted molar refractivity (Wildman–Crippen MR) is 58.5 cm³/mol. The summed E-state index contributed by atoms with van der Waals surface area (Å²) >= 11 is 7.89. The molecule has 0 radical (unpaired) electrons. The first-order valence-corrected chi connectivity index (χ1v) is 5.80. The smallest absolute Gasteiger partial charge is 0.0541 e. The van der Waals surface area contributed by atoms with Crippen molar-refractivity contribution in [2.24, 2.45) is 5.92 Å². The van der Waals surface area contributed by atoms with Gasteiger partial charge in [0.2, 0.25) is 0 Å². The van der Waals surface area contributed by atoms with E-state index in [2.05, 4.69) is 11.4 Å². The highest BCUT2D eigenvalue weighted by Crippen LogP contribution is 2.28. The molecule has 1 fully saturated rings. The van der Waals surface area contributed by atoms with Crippen LogP contribution < -0.4 is 5.32 Å². The molecule has 13 heavy (non-hydrogen) atoms. The van der Waals surface area contributed by atoms with Crippen molar-refractivity contribution in [3.8, 4) is 0 Å². The fourth-order valence-electron chi connectivity index (χ4n) is 1.24. The van der Waals surface area contributed by atoms with Crippen molar-refractivity contribution in [3.05, 3.63) is 29.3 Å². The van der Waals surface area contributed by atoms with Gasteiger partial charge in [0, 0.05) is 10.6 Å². The summed E-state index contributed by atoms with van der Waals surface area (Å²) in [6.07, 6.45) is 0. The Hall–Kier alpha value is -0.180. The number of rotatable bonds is 3. The van der Waals surface area contributed by atoms with Gasteiger partial charge in [0.25, 0.3) is 0 Å². The molecular formula is C10H12ClNS. The van der Waals surface area contributed by atoms with Gasteiger partial charge in [0.15, 0.2) is 0 Å². The summed E-state index contributed by atoms with van der Waals surface area (Å²) in [6.45, 7) is 2.33. The number of hydrogen-bond acceptors (Lipinski definition) is 2. The molecule has 0 saturated carbocycles. The van der Waals surface area contributed by atoms with Crippen LogP contribution in [0.3, 0.4) is 0 Å². The van der Waals surface area contributed by atoms with E-state index in [-0.39, 0.29) is 0 Å². The van der Waals surface area contributed by atoms with E-state index in [0.29, 0.717) is 0 Å². The first-order chi connectivity index (χ1) is 6.36. The van der Waals surface area contributed by atoms with Gasteiger partial charge in [0.05, 0.1) is 5.02 Å². The van der Waals surface area contributed by atoms with Gasteiger partial charge in [-0.2, -0.15) is 0 Å². The average Bonchev–Trinajstić information content (AvgIpc) is 2.05. The van der Waals surface area contributed by atoms with Gasteiger partial charge in [-0.3, -0.25) is 0 Å². The standard InChI is InChI=1S/C10H12ClNS/c11-9-3-1-2-4-10(9)13-7-8-5-12-6-8/h1-4,8,12H,5-7H2. The molecule has 0 unspecified atom stereocenters. The lowest BCUT2D eigenvalue weighted by Crippen LogP contribution is -2.43. The number of hydrogen-bond donors (Lipinski definition) is 1. The fraction of sp³-hybridized carbons (Fsp3) is 0.400. The molecule has 0 aromatic heterocycles. The molecule has 1 aromatic rings. The molecule has 3 heteroatoms. The van der Waals surface area contributed by atoms with Gasteiger partial charge in [-0.25, -0.2) is 0 Å². The first kappa shape index (κ1) is 9.38. The third-order valence-electron chi connectivity index (χ3n) is 2.18. The van der Waals surface area contributed by atoms with E-state index in [9.17, 15) is 0 Å². The van der Waals surface area contributed by atoms with E-state index in [1.807, 2.05) is 30.0 Å². The minimum Gasteiger partial charge on any atom is -0.316 e. The van der Waals surface area contributed by atoms with Crippen molar-refractivity contribution in [1.82, 2.24) is 5.32 Å². The Balaban J connectivity index is 1.89. The van der Waals surface area contributed by atoms with Crippen LogP contribution in [0.5, 0.6) is 0 Å². The van der Waals surface area contributed by atoms with Crippen LogP contribution in [-0.2, 0) is 0 Å². The molecule has 1 heterocycles. The molecular weight excluding hydrogens is 202 g/mol. The highest BCUT2D eigenvalue weighted by molar-refractivity contribution is 7.99. The number of benzene rings is 1. The second kappa shape index (κ2) is 4.36. The summed E-state index contributed by atoms with van der Waals surface area (Å²) in [5.74, 6) is 2.01. The van der Waals surface area contributed by atoms with Gasteiger partial charge in [-0.05, 0) is 31.1 Å². The maximum Gasteiger partial charge on any atom is 0.0541 e. The Labute approximate surface area is 87.9 Å². The molecule has 1 nitrogen and oxygen atoms in total. The third kappa shape index (κ3) is 2.39. The summed E-state index contributed by atoms with van der Waals surface area (Å²) in [5.41, 5.74) is 0. The van der Waals surface area contributed by atoms with Crippen molar-refractivity contribution in [3.63, 3.8) is 0 Å². The quantitative estimate of drug-likeness (QED) is 0.775. The van der Waals surface area contributed by atoms with Crippen molar-refractivity contribution >= 4 is 23.4 Å². The van der Waals surface area contributed by atoms with Crippen molar-refractivity contribution < 1.29 is 0 Å². The summed E-state index contributed by atoms with van der Waals surface area (Å²) in [4.78, 5) is 1.20. The lowest BCUT2D eigenvalue weighted by Gasteiger charge is -2.26. The van der Waals surface area contributed by atoms with Gasteiger partial charge >= 0.3 is 0 Å². The third-order valence-corrected chi connectivity index (χ3v) is 3.92. The Morgan fingerprint density at radius 1 is 1.38 bits per heavy atom. The molecule has 2 rings (SSSR count). The summed E-state index contributed by atoms with van der Waals surface area (Å²) < 4.78 is 0. The van der Waals surface area contributed by atoms with Crippen LogP contribution in [0.4, 0.5) is 0 Å². The predicted octanol–water partition coefficient (Wildman–Crippen LogP) is 2.65. The second-order valence-electron chi connectivity index (χ2n) is 3.27. The van der Waals surface area contributed by atoms with Crippen LogP contribution in [0.1, 0.15) is 0 Å². The van der Waals surface area contributed by atoms with Crippen LogP contribution in [0, 0.1) is 5.92 Å². The minimum atomic E-state index is 0.835. The van der Waals surface area contributed by atoms with Gasteiger partial charge in [0.1, 0.15) is 0 Å². The van der Waals surface area contributed by atoms with Gasteiger partial charge < -0.3 is 5.32 Å². The van der Waals surface area contributed by atoms with Crippen molar-refractivity contribution in [2.75, 3.05) is 18.8 Å². The van der Waals surface area contributed by atoms with Gasteiger partial charge in [-0.15, -0.1) is 11.8 Å². The molecule has 0 spiro atoms. The maximum atomic E-state index is 6.03. The van der Waals surface area contributed by atoms with Crippen LogP contribution in [0.15, 0.2) is 29.2 Å². The molecule has 0 bridgehead atoms. The molecule has 0 atom stereocenters. The molecule has 1 aromatic carbocycles. The number of thioether (sulfide) groups is 1. The Morgan fingerprint density at radius 3 is 2.77 bits per heavy atom. The molecule has 1 N–H and O–H groups in total. The monoisotopic (exact) mass is 213 g/mol. The zero-order valence-electron chi connectivity index (χ0n) is 7.29. The van der Waals surface area contributed by atoms with Gasteiger partial charge in [-0.1, -0.05) is 23.7 Å². The summed E-state index contributed by atoms with van der Waals surface area (Å²) in [7, 11) is 0. The fourth-order valence-corrected chi connectivity index (χ4v) is 2.57. The minimum absolute atomic E-state index is 0.835. The number of nitrogens with one attached hydrogen (secondary N) is 1. The van der Waals surface area contributed by atoms with Crippen LogP contribution in [0.25, 0.3) is 0 Å². The Bertz CT molecular complexity index is 286.